The largest absolute Gasteiger partial charge is 0.339 e. The van der Waals surface area contributed by atoms with Crippen LogP contribution in [0.2, 0.25) is 5.02 Å². The number of hydrogen-bond acceptors (Lipinski definition) is 2. The molecule has 0 atom stereocenters. The van der Waals surface area contributed by atoms with Crippen LogP contribution < -0.4 is 5.73 Å². The van der Waals surface area contributed by atoms with E-state index in [4.69, 9.17) is 17.3 Å². The minimum absolute atomic E-state index is 0.0555. The van der Waals surface area contributed by atoms with Crippen molar-refractivity contribution in [3.05, 3.63) is 34.3 Å². The first kappa shape index (κ1) is 14.4. The Morgan fingerprint density at radius 1 is 1.42 bits per heavy atom. The summed E-state index contributed by atoms with van der Waals surface area (Å²) in [6, 6.07) is 5.62. The van der Waals surface area contributed by atoms with Crippen molar-refractivity contribution in [2.24, 2.45) is 11.7 Å². The van der Waals surface area contributed by atoms with Crippen LogP contribution in [0.1, 0.15) is 35.2 Å². The van der Waals surface area contributed by atoms with E-state index in [2.05, 4.69) is 0 Å². The first-order valence-electron chi connectivity index (χ1n) is 6.88. The number of rotatable bonds is 3. The quantitative estimate of drug-likeness (QED) is 0.925. The number of benzene rings is 1. The fraction of sp³-hybridized carbons (Fsp3) is 0.533. The third-order valence-corrected chi connectivity index (χ3v) is 4.40. The van der Waals surface area contributed by atoms with Crippen molar-refractivity contribution in [3.8, 4) is 0 Å². The third-order valence-electron chi connectivity index (χ3n) is 3.90. The molecule has 2 rings (SSSR count). The van der Waals surface area contributed by atoms with Gasteiger partial charge in [0.2, 0.25) is 0 Å². The number of halogens is 1. The van der Waals surface area contributed by atoms with Crippen molar-refractivity contribution in [1.82, 2.24) is 4.90 Å². The lowest BCUT2D eigenvalue weighted by Crippen LogP contribution is -2.39. The van der Waals surface area contributed by atoms with Gasteiger partial charge in [-0.1, -0.05) is 23.7 Å². The number of carbonyl (C=O) groups is 1. The predicted octanol–water partition coefficient (Wildman–Crippen LogP) is 2.85. The van der Waals surface area contributed by atoms with Crippen LogP contribution in [0.4, 0.5) is 0 Å². The van der Waals surface area contributed by atoms with Crippen molar-refractivity contribution >= 4 is 17.5 Å². The summed E-state index contributed by atoms with van der Waals surface area (Å²) in [4.78, 5) is 14.4. The number of likely N-dealkylation sites (tertiary alicyclic amines) is 1. The van der Waals surface area contributed by atoms with Crippen molar-refractivity contribution < 1.29 is 4.79 Å². The number of nitrogens with two attached hydrogens (primary N) is 1. The molecule has 1 fully saturated rings. The van der Waals surface area contributed by atoms with Gasteiger partial charge in [0.15, 0.2) is 0 Å². The summed E-state index contributed by atoms with van der Waals surface area (Å²) in [5.41, 5.74) is 7.16. The highest BCUT2D eigenvalue weighted by molar-refractivity contribution is 6.34. The molecule has 0 aliphatic carbocycles. The van der Waals surface area contributed by atoms with Gasteiger partial charge in [-0.05, 0) is 50.3 Å². The summed E-state index contributed by atoms with van der Waals surface area (Å²) >= 11 is 6.22. The second-order valence-corrected chi connectivity index (χ2v) is 5.63. The Labute approximate surface area is 119 Å². The summed E-state index contributed by atoms with van der Waals surface area (Å²) in [6.07, 6.45) is 3.16. The van der Waals surface area contributed by atoms with Crippen molar-refractivity contribution in [2.45, 2.75) is 26.2 Å². The molecule has 0 saturated carbocycles. The number of aryl methyl sites for hydroxylation is 1. The Bertz CT molecular complexity index is 453. The molecular weight excluding hydrogens is 260 g/mol. The van der Waals surface area contributed by atoms with Crippen molar-refractivity contribution in [3.63, 3.8) is 0 Å². The van der Waals surface area contributed by atoms with Gasteiger partial charge in [-0.25, -0.2) is 0 Å². The Morgan fingerprint density at radius 3 is 2.74 bits per heavy atom. The molecule has 0 aromatic heterocycles. The van der Waals surface area contributed by atoms with E-state index in [0.29, 0.717) is 16.5 Å². The first-order chi connectivity index (χ1) is 9.13. The van der Waals surface area contributed by atoms with Crippen LogP contribution in [-0.2, 0) is 0 Å². The van der Waals surface area contributed by atoms with Crippen LogP contribution in [0.25, 0.3) is 0 Å². The molecule has 1 aliphatic heterocycles. The maximum atomic E-state index is 12.5. The smallest absolute Gasteiger partial charge is 0.255 e. The van der Waals surface area contributed by atoms with Gasteiger partial charge in [0.1, 0.15) is 0 Å². The molecule has 3 nitrogen and oxygen atoms in total. The van der Waals surface area contributed by atoms with Gasteiger partial charge in [0.25, 0.3) is 5.91 Å². The van der Waals surface area contributed by atoms with Gasteiger partial charge in [0, 0.05) is 13.1 Å². The van der Waals surface area contributed by atoms with E-state index < -0.39 is 0 Å². The zero-order chi connectivity index (χ0) is 13.8. The Kier molecular flexibility index (Phi) is 4.83. The molecule has 104 valence electrons. The predicted molar refractivity (Wildman–Crippen MR) is 78.5 cm³/mol. The minimum atomic E-state index is 0.0555. The molecule has 1 aromatic carbocycles. The molecular formula is C15H21ClN2O. The van der Waals surface area contributed by atoms with E-state index in [1.165, 1.54) is 0 Å². The maximum absolute atomic E-state index is 12.5. The maximum Gasteiger partial charge on any atom is 0.255 e. The lowest BCUT2D eigenvalue weighted by atomic mass is 9.93. The molecule has 0 unspecified atom stereocenters. The van der Waals surface area contributed by atoms with E-state index >= 15 is 0 Å². The zero-order valence-corrected chi connectivity index (χ0v) is 12.1. The summed E-state index contributed by atoms with van der Waals surface area (Å²) in [5.74, 6) is 0.724. The lowest BCUT2D eigenvalue weighted by molar-refractivity contribution is 0.0688. The molecule has 4 heteroatoms. The minimum Gasteiger partial charge on any atom is -0.339 e. The third kappa shape index (κ3) is 3.28. The zero-order valence-electron chi connectivity index (χ0n) is 11.4. The van der Waals surface area contributed by atoms with Crippen LogP contribution in [0.5, 0.6) is 0 Å². The average Bonchev–Trinajstić information content (AvgIpc) is 2.42. The fourth-order valence-corrected chi connectivity index (χ4v) is 2.85. The second kappa shape index (κ2) is 6.40. The standard InChI is InChI=1S/C15H21ClN2O/c1-11-3-2-4-13(14(11)16)15(19)18-9-6-12(5-8-17)7-10-18/h2-4,12H,5-10,17H2,1H3. The summed E-state index contributed by atoms with van der Waals surface area (Å²) in [6.45, 7) is 4.29. The normalized spacial score (nSPS) is 16.7. The van der Waals surface area contributed by atoms with E-state index in [1.807, 2.05) is 30.0 Å². The first-order valence-corrected chi connectivity index (χ1v) is 7.25. The van der Waals surface area contributed by atoms with Crippen LogP contribution in [0.3, 0.4) is 0 Å². The number of nitrogens with zero attached hydrogens (tertiary/aromatic N) is 1. The highest BCUT2D eigenvalue weighted by Crippen LogP contribution is 2.25. The van der Waals surface area contributed by atoms with Gasteiger partial charge < -0.3 is 10.6 Å². The number of piperidine rings is 1. The van der Waals surface area contributed by atoms with Crippen LogP contribution >= 0.6 is 11.6 Å². The summed E-state index contributed by atoms with van der Waals surface area (Å²) < 4.78 is 0. The fourth-order valence-electron chi connectivity index (χ4n) is 2.64. The second-order valence-electron chi connectivity index (χ2n) is 5.25. The lowest BCUT2D eigenvalue weighted by Gasteiger charge is -2.32. The Morgan fingerprint density at radius 2 is 2.11 bits per heavy atom. The van der Waals surface area contributed by atoms with Gasteiger partial charge in [-0.15, -0.1) is 0 Å². The summed E-state index contributed by atoms with van der Waals surface area (Å²) in [7, 11) is 0. The van der Waals surface area contributed by atoms with E-state index in [1.54, 1.807) is 0 Å². The van der Waals surface area contributed by atoms with Gasteiger partial charge in [-0.2, -0.15) is 0 Å². The molecule has 2 N–H and O–H groups in total. The van der Waals surface area contributed by atoms with E-state index in [-0.39, 0.29) is 5.91 Å². The number of hydrogen-bond donors (Lipinski definition) is 1. The van der Waals surface area contributed by atoms with Crippen molar-refractivity contribution in [2.75, 3.05) is 19.6 Å². The monoisotopic (exact) mass is 280 g/mol. The summed E-state index contributed by atoms with van der Waals surface area (Å²) in [5, 5.41) is 0.580. The Balaban J connectivity index is 2.03. The number of carbonyl (C=O) groups excluding carboxylic acids is 1. The highest BCUT2D eigenvalue weighted by Gasteiger charge is 2.24. The van der Waals surface area contributed by atoms with Crippen LogP contribution in [-0.4, -0.2) is 30.4 Å². The molecule has 1 aliphatic rings. The van der Waals surface area contributed by atoms with E-state index in [9.17, 15) is 4.79 Å². The van der Waals surface area contributed by atoms with Crippen molar-refractivity contribution in [1.29, 1.82) is 0 Å². The molecule has 0 spiro atoms. The average molecular weight is 281 g/mol. The molecule has 0 radical (unpaired) electrons. The van der Waals surface area contributed by atoms with Gasteiger partial charge in [0.05, 0.1) is 10.6 Å². The van der Waals surface area contributed by atoms with Gasteiger partial charge >= 0.3 is 0 Å². The van der Waals surface area contributed by atoms with Gasteiger partial charge in [-0.3, -0.25) is 4.79 Å². The highest BCUT2D eigenvalue weighted by atomic mass is 35.5. The molecule has 19 heavy (non-hydrogen) atoms. The molecule has 1 amide bonds. The topological polar surface area (TPSA) is 46.3 Å². The SMILES string of the molecule is Cc1cccc(C(=O)N2CCC(CCN)CC2)c1Cl. The molecule has 1 aromatic rings. The molecule has 1 heterocycles. The number of amides is 1. The van der Waals surface area contributed by atoms with E-state index in [0.717, 1.165) is 44.5 Å². The Hall–Kier alpha value is -1.06. The molecule has 0 bridgehead atoms. The van der Waals surface area contributed by atoms with Crippen LogP contribution in [0.15, 0.2) is 18.2 Å². The van der Waals surface area contributed by atoms with Crippen LogP contribution in [0, 0.1) is 12.8 Å². The molecule has 1 saturated heterocycles.